The van der Waals surface area contributed by atoms with E-state index in [2.05, 4.69) is 28.9 Å². The van der Waals surface area contributed by atoms with Gasteiger partial charge in [0, 0.05) is 11.8 Å². The van der Waals surface area contributed by atoms with E-state index in [0.717, 1.165) is 17.3 Å². The maximum absolute atomic E-state index is 11.8. The molecule has 1 rings (SSSR count). The van der Waals surface area contributed by atoms with Gasteiger partial charge in [0.2, 0.25) is 0 Å². The van der Waals surface area contributed by atoms with E-state index in [1.165, 1.54) is 0 Å². The van der Waals surface area contributed by atoms with Crippen molar-refractivity contribution in [3.8, 4) is 0 Å². The van der Waals surface area contributed by atoms with Gasteiger partial charge in [0.05, 0.1) is 13.2 Å². The summed E-state index contributed by atoms with van der Waals surface area (Å²) in [5, 5.41) is 4.11. The summed E-state index contributed by atoms with van der Waals surface area (Å²) >= 11 is 1.61. The van der Waals surface area contributed by atoms with Crippen LogP contribution < -0.4 is 5.32 Å². The predicted molar refractivity (Wildman–Crippen MR) is 68.0 cm³/mol. The van der Waals surface area contributed by atoms with Crippen LogP contribution in [0.1, 0.15) is 20.3 Å². The number of ether oxygens (including phenoxy) is 1. The normalized spacial score (nSPS) is 23.4. The Morgan fingerprint density at radius 3 is 2.83 bits per heavy atom. The molecule has 0 amide bonds. The van der Waals surface area contributed by atoms with Crippen LogP contribution in [0.5, 0.6) is 0 Å². The molecule has 0 saturated carbocycles. The zero-order valence-electron chi connectivity index (χ0n) is 10.6. The molecule has 0 bridgehead atoms. The summed E-state index contributed by atoms with van der Waals surface area (Å²) in [5.41, 5.74) is 0. The van der Waals surface area contributed by atoms with Crippen molar-refractivity contribution in [2.24, 2.45) is 10.9 Å². The van der Waals surface area contributed by atoms with Gasteiger partial charge in [-0.25, -0.2) is 0 Å². The quantitative estimate of drug-likeness (QED) is 0.788. The number of alkyl halides is 3. The molecule has 0 aromatic carbocycles. The predicted octanol–water partition coefficient (Wildman–Crippen LogP) is 2.67. The molecule has 0 aromatic heterocycles. The number of halogens is 3. The summed E-state index contributed by atoms with van der Waals surface area (Å²) < 4.78 is 39.9. The molecule has 1 heterocycles. The van der Waals surface area contributed by atoms with E-state index in [-0.39, 0.29) is 13.2 Å². The van der Waals surface area contributed by atoms with Crippen LogP contribution in [0.4, 0.5) is 13.2 Å². The molecule has 0 aromatic rings. The van der Waals surface area contributed by atoms with Crippen LogP contribution in [0.2, 0.25) is 0 Å². The number of amidine groups is 1. The van der Waals surface area contributed by atoms with E-state index in [1.807, 2.05) is 0 Å². The molecule has 1 aliphatic rings. The minimum atomic E-state index is -4.26. The molecular formula is C11H19F3N2OS. The molecule has 0 spiro atoms. The molecular weight excluding hydrogens is 265 g/mol. The number of thioether (sulfide) groups is 1. The lowest BCUT2D eigenvalue weighted by Crippen LogP contribution is -2.41. The summed E-state index contributed by atoms with van der Waals surface area (Å²) in [4.78, 5) is 4.21. The van der Waals surface area contributed by atoms with Gasteiger partial charge in [0.15, 0.2) is 5.17 Å². The van der Waals surface area contributed by atoms with Gasteiger partial charge in [0.25, 0.3) is 0 Å². The molecule has 0 radical (unpaired) electrons. The molecule has 0 aliphatic carbocycles. The number of hydrogen-bond donors (Lipinski definition) is 1. The van der Waals surface area contributed by atoms with Crippen molar-refractivity contribution in [2.75, 3.05) is 25.5 Å². The zero-order valence-corrected chi connectivity index (χ0v) is 11.4. The third-order valence-corrected chi connectivity index (χ3v) is 3.50. The van der Waals surface area contributed by atoms with E-state index in [4.69, 9.17) is 0 Å². The van der Waals surface area contributed by atoms with Crippen molar-refractivity contribution >= 4 is 16.9 Å². The van der Waals surface area contributed by atoms with Crippen molar-refractivity contribution in [2.45, 2.75) is 32.5 Å². The van der Waals surface area contributed by atoms with Gasteiger partial charge < -0.3 is 10.1 Å². The Labute approximate surface area is 110 Å². The first kappa shape index (κ1) is 15.6. The van der Waals surface area contributed by atoms with Crippen LogP contribution in [-0.2, 0) is 4.74 Å². The van der Waals surface area contributed by atoms with Gasteiger partial charge in [0.1, 0.15) is 6.61 Å². The highest BCUT2D eigenvalue weighted by atomic mass is 32.2. The van der Waals surface area contributed by atoms with E-state index >= 15 is 0 Å². The largest absolute Gasteiger partial charge is 0.411 e. The Hall–Kier alpha value is -0.430. The Kier molecular flexibility index (Phi) is 6.28. The Bertz CT molecular complexity index is 282. The maximum atomic E-state index is 11.8. The summed E-state index contributed by atoms with van der Waals surface area (Å²) in [6.45, 7) is 3.33. The third-order valence-electron chi connectivity index (χ3n) is 2.54. The van der Waals surface area contributed by atoms with Crippen LogP contribution in [0, 0.1) is 5.92 Å². The van der Waals surface area contributed by atoms with Gasteiger partial charge in [-0.05, 0) is 12.3 Å². The lowest BCUT2D eigenvalue weighted by Gasteiger charge is -2.28. The van der Waals surface area contributed by atoms with Crippen LogP contribution in [0.25, 0.3) is 0 Å². The van der Waals surface area contributed by atoms with Crippen molar-refractivity contribution < 1.29 is 17.9 Å². The highest BCUT2D eigenvalue weighted by molar-refractivity contribution is 8.13. The fraction of sp³-hybridized carbons (Fsp3) is 0.909. The highest BCUT2D eigenvalue weighted by Crippen LogP contribution is 2.18. The molecule has 1 fully saturated rings. The topological polar surface area (TPSA) is 33.6 Å². The minimum absolute atomic E-state index is 0.00239. The highest BCUT2D eigenvalue weighted by Gasteiger charge is 2.27. The first-order chi connectivity index (χ1) is 8.38. The molecule has 18 heavy (non-hydrogen) atoms. The first-order valence-corrected chi connectivity index (χ1v) is 6.95. The van der Waals surface area contributed by atoms with Gasteiger partial charge >= 0.3 is 6.18 Å². The average molecular weight is 284 g/mol. The molecule has 7 heteroatoms. The minimum Gasteiger partial charge on any atom is -0.370 e. The standard InChI is InChI=1S/C11H19F3N2OS/c1-8(2)9-3-6-18-10(16-9)15-4-5-17-7-11(12,13)14/h8-9H,3-7H2,1-2H3,(H,15,16). The second-order valence-corrected chi connectivity index (χ2v) is 5.57. The van der Waals surface area contributed by atoms with Gasteiger partial charge in [-0.3, -0.25) is 4.99 Å². The lowest BCUT2D eigenvalue weighted by atomic mass is 10.0. The van der Waals surface area contributed by atoms with E-state index in [1.54, 1.807) is 11.8 Å². The second-order valence-electron chi connectivity index (χ2n) is 4.49. The van der Waals surface area contributed by atoms with E-state index < -0.39 is 12.8 Å². The maximum Gasteiger partial charge on any atom is 0.411 e. The molecule has 1 atom stereocenters. The van der Waals surface area contributed by atoms with E-state index in [0.29, 0.717) is 12.0 Å². The third kappa shape index (κ3) is 6.49. The van der Waals surface area contributed by atoms with Crippen molar-refractivity contribution in [3.63, 3.8) is 0 Å². The summed E-state index contributed by atoms with van der Waals surface area (Å²) in [6.07, 6.45) is -3.17. The van der Waals surface area contributed by atoms with Crippen LogP contribution in [0.15, 0.2) is 4.99 Å². The van der Waals surface area contributed by atoms with Crippen molar-refractivity contribution in [3.05, 3.63) is 0 Å². The summed E-state index contributed by atoms with van der Waals surface area (Å²) in [7, 11) is 0. The van der Waals surface area contributed by atoms with Crippen LogP contribution >= 0.6 is 11.8 Å². The molecule has 1 N–H and O–H groups in total. The number of aliphatic imine (C=N–C) groups is 1. The van der Waals surface area contributed by atoms with Gasteiger partial charge in [-0.15, -0.1) is 0 Å². The first-order valence-electron chi connectivity index (χ1n) is 5.97. The molecule has 106 valence electrons. The summed E-state index contributed by atoms with van der Waals surface area (Å²) in [5.74, 6) is 1.52. The SMILES string of the molecule is CC(C)C1CCSC(=NCCOCC(F)(F)F)N1. The zero-order chi connectivity index (χ0) is 13.6. The van der Waals surface area contributed by atoms with Crippen molar-refractivity contribution in [1.29, 1.82) is 0 Å². The summed E-state index contributed by atoms with van der Waals surface area (Å²) in [6, 6.07) is 0.404. The molecule has 1 aliphatic heterocycles. The fourth-order valence-corrected chi connectivity index (χ4v) is 2.53. The molecule has 1 unspecified atom stereocenters. The Morgan fingerprint density at radius 2 is 2.22 bits per heavy atom. The lowest BCUT2D eigenvalue weighted by molar-refractivity contribution is -0.173. The average Bonchev–Trinajstić information content (AvgIpc) is 2.27. The van der Waals surface area contributed by atoms with E-state index in [9.17, 15) is 13.2 Å². The van der Waals surface area contributed by atoms with Crippen molar-refractivity contribution in [1.82, 2.24) is 5.32 Å². The molecule has 3 nitrogen and oxygen atoms in total. The van der Waals surface area contributed by atoms with Gasteiger partial charge in [-0.2, -0.15) is 13.2 Å². The second kappa shape index (κ2) is 7.23. The number of rotatable bonds is 5. The monoisotopic (exact) mass is 284 g/mol. The fourth-order valence-electron chi connectivity index (χ4n) is 1.55. The van der Waals surface area contributed by atoms with Crippen LogP contribution in [0.3, 0.4) is 0 Å². The smallest absolute Gasteiger partial charge is 0.370 e. The Balaban J connectivity index is 2.21. The van der Waals surface area contributed by atoms with Crippen LogP contribution in [-0.4, -0.2) is 42.9 Å². The molecule has 1 saturated heterocycles. The Morgan fingerprint density at radius 1 is 1.50 bits per heavy atom. The number of nitrogens with zero attached hydrogens (tertiary/aromatic N) is 1. The number of nitrogens with one attached hydrogen (secondary N) is 1. The number of hydrogen-bond acceptors (Lipinski definition) is 3. The van der Waals surface area contributed by atoms with Gasteiger partial charge in [-0.1, -0.05) is 25.6 Å².